The van der Waals surface area contributed by atoms with E-state index in [9.17, 15) is 0 Å². The van der Waals surface area contributed by atoms with E-state index in [-0.39, 0.29) is 6.10 Å². The van der Waals surface area contributed by atoms with Crippen molar-refractivity contribution in [3.8, 4) is 23.3 Å². The standard InChI is InChI=1S/C25H28O4/c1-2-19-13-23(15-24(14-19)29-18-25-17-26-11-12-27-25)28-16-22-9-7-21(8-10-22)6-5-20-3-4-20/h7-10,13-15,20,25H,2-4,11-12,16-18H2,1H3/t25-/m1/s1. The predicted octanol–water partition coefficient (Wildman–Crippen LogP) is 4.38. The van der Waals surface area contributed by atoms with Gasteiger partial charge in [-0.15, -0.1) is 0 Å². The van der Waals surface area contributed by atoms with Crippen LogP contribution in [-0.4, -0.2) is 32.5 Å². The molecule has 4 nitrogen and oxygen atoms in total. The van der Waals surface area contributed by atoms with Gasteiger partial charge in [-0.25, -0.2) is 0 Å². The zero-order valence-corrected chi connectivity index (χ0v) is 17.0. The van der Waals surface area contributed by atoms with Gasteiger partial charge in [-0.1, -0.05) is 30.9 Å². The van der Waals surface area contributed by atoms with Crippen molar-refractivity contribution in [2.24, 2.45) is 5.92 Å². The van der Waals surface area contributed by atoms with Gasteiger partial charge in [0.15, 0.2) is 0 Å². The largest absolute Gasteiger partial charge is 0.491 e. The number of rotatable bonds is 7. The normalized spacial score (nSPS) is 18.6. The molecule has 1 atom stereocenters. The summed E-state index contributed by atoms with van der Waals surface area (Å²) in [6.07, 6.45) is 3.41. The molecule has 0 unspecified atom stereocenters. The molecule has 0 spiro atoms. The van der Waals surface area contributed by atoms with E-state index in [1.165, 1.54) is 18.4 Å². The van der Waals surface area contributed by atoms with Crippen molar-refractivity contribution in [1.29, 1.82) is 0 Å². The number of ether oxygens (including phenoxy) is 4. The minimum atomic E-state index is -0.0140. The van der Waals surface area contributed by atoms with Crippen molar-refractivity contribution in [3.05, 3.63) is 59.2 Å². The van der Waals surface area contributed by atoms with Gasteiger partial charge in [0, 0.05) is 17.5 Å². The maximum Gasteiger partial charge on any atom is 0.123 e. The molecule has 2 fully saturated rings. The van der Waals surface area contributed by atoms with Gasteiger partial charge in [0.1, 0.15) is 30.8 Å². The lowest BCUT2D eigenvalue weighted by Crippen LogP contribution is -2.33. The van der Waals surface area contributed by atoms with E-state index in [0.717, 1.165) is 29.0 Å². The van der Waals surface area contributed by atoms with Crippen LogP contribution in [0, 0.1) is 17.8 Å². The van der Waals surface area contributed by atoms with E-state index >= 15 is 0 Å². The van der Waals surface area contributed by atoms with Crippen LogP contribution in [0.2, 0.25) is 0 Å². The first-order valence-corrected chi connectivity index (χ1v) is 10.5. The molecule has 0 radical (unpaired) electrons. The van der Waals surface area contributed by atoms with Crippen LogP contribution in [0.4, 0.5) is 0 Å². The Balaban J connectivity index is 1.34. The molecular weight excluding hydrogens is 364 g/mol. The van der Waals surface area contributed by atoms with Crippen molar-refractivity contribution in [3.63, 3.8) is 0 Å². The maximum atomic E-state index is 6.04. The van der Waals surface area contributed by atoms with Gasteiger partial charge < -0.3 is 18.9 Å². The van der Waals surface area contributed by atoms with Crippen LogP contribution in [0.5, 0.6) is 11.5 Å². The Kier molecular flexibility index (Phi) is 6.71. The quantitative estimate of drug-likeness (QED) is 0.655. The lowest BCUT2D eigenvalue weighted by atomic mass is 10.1. The van der Waals surface area contributed by atoms with E-state index < -0.39 is 0 Å². The van der Waals surface area contributed by atoms with Gasteiger partial charge >= 0.3 is 0 Å². The van der Waals surface area contributed by atoms with Crippen molar-refractivity contribution in [2.75, 3.05) is 26.4 Å². The van der Waals surface area contributed by atoms with Crippen LogP contribution in [0.1, 0.15) is 36.5 Å². The highest BCUT2D eigenvalue weighted by Crippen LogP contribution is 2.27. The van der Waals surface area contributed by atoms with Gasteiger partial charge in [0.25, 0.3) is 0 Å². The minimum Gasteiger partial charge on any atom is -0.491 e. The molecule has 0 aromatic heterocycles. The Morgan fingerprint density at radius 3 is 2.45 bits per heavy atom. The second-order valence-electron chi connectivity index (χ2n) is 7.57. The Hall–Kier alpha value is -2.48. The molecule has 0 bridgehead atoms. The molecule has 0 N–H and O–H groups in total. The van der Waals surface area contributed by atoms with Crippen molar-refractivity contribution in [1.82, 2.24) is 0 Å². The van der Waals surface area contributed by atoms with Gasteiger partial charge in [-0.05, 0) is 54.7 Å². The molecule has 2 aliphatic rings. The number of hydrogen-bond acceptors (Lipinski definition) is 4. The summed E-state index contributed by atoms with van der Waals surface area (Å²) in [5.74, 6) is 8.78. The fourth-order valence-electron chi connectivity index (χ4n) is 3.09. The summed E-state index contributed by atoms with van der Waals surface area (Å²) >= 11 is 0. The highest BCUT2D eigenvalue weighted by Gasteiger charge is 2.17. The number of hydrogen-bond donors (Lipinski definition) is 0. The highest BCUT2D eigenvalue weighted by molar-refractivity contribution is 5.39. The molecule has 1 saturated carbocycles. The zero-order chi connectivity index (χ0) is 19.9. The molecule has 29 heavy (non-hydrogen) atoms. The second-order valence-corrected chi connectivity index (χ2v) is 7.57. The van der Waals surface area contributed by atoms with E-state index in [1.807, 2.05) is 6.07 Å². The molecule has 4 heteroatoms. The third-order valence-electron chi connectivity index (χ3n) is 5.03. The number of benzene rings is 2. The monoisotopic (exact) mass is 392 g/mol. The smallest absolute Gasteiger partial charge is 0.123 e. The van der Waals surface area contributed by atoms with Crippen molar-refractivity contribution < 1.29 is 18.9 Å². The molecule has 2 aromatic carbocycles. The van der Waals surface area contributed by atoms with Crippen LogP contribution >= 0.6 is 0 Å². The predicted molar refractivity (Wildman–Crippen MR) is 112 cm³/mol. The van der Waals surface area contributed by atoms with Gasteiger partial charge in [-0.2, -0.15) is 0 Å². The Bertz CT molecular complexity index is 853. The van der Waals surface area contributed by atoms with Crippen molar-refractivity contribution >= 4 is 0 Å². The van der Waals surface area contributed by atoms with E-state index in [1.54, 1.807) is 0 Å². The van der Waals surface area contributed by atoms with Crippen molar-refractivity contribution in [2.45, 2.75) is 38.9 Å². The minimum absolute atomic E-state index is 0.0140. The topological polar surface area (TPSA) is 36.9 Å². The van der Waals surface area contributed by atoms with Crippen LogP contribution < -0.4 is 9.47 Å². The third kappa shape index (κ3) is 6.25. The first-order valence-electron chi connectivity index (χ1n) is 10.5. The zero-order valence-electron chi connectivity index (χ0n) is 17.0. The molecule has 152 valence electrons. The molecule has 1 heterocycles. The molecule has 2 aromatic rings. The molecule has 0 amide bonds. The summed E-state index contributed by atoms with van der Waals surface area (Å²) in [6.45, 7) is 4.99. The summed E-state index contributed by atoms with van der Waals surface area (Å²) in [4.78, 5) is 0. The molecular formula is C25H28O4. The fraction of sp³-hybridized carbons (Fsp3) is 0.440. The first-order chi connectivity index (χ1) is 14.3. The van der Waals surface area contributed by atoms with Gasteiger partial charge in [0.05, 0.1) is 19.8 Å². The third-order valence-corrected chi connectivity index (χ3v) is 5.03. The van der Waals surface area contributed by atoms with Crippen LogP contribution in [-0.2, 0) is 22.5 Å². The Morgan fingerprint density at radius 1 is 0.966 bits per heavy atom. The van der Waals surface area contributed by atoms with E-state index in [4.69, 9.17) is 18.9 Å². The van der Waals surface area contributed by atoms with E-state index in [2.05, 4.69) is 55.2 Å². The lowest BCUT2D eigenvalue weighted by Gasteiger charge is -2.23. The van der Waals surface area contributed by atoms with Gasteiger partial charge in [0.2, 0.25) is 0 Å². The summed E-state index contributed by atoms with van der Waals surface area (Å²) in [7, 11) is 0. The molecule has 1 aliphatic carbocycles. The average Bonchev–Trinajstić information content (AvgIpc) is 3.61. The van der Waals surface area contributed by atoms with Gasteiger partial charge in [-0.3, -0.25) is 0 Å². The van der Waals surface area contributed by atoms with Crippen LogP contribution in [0.15, 0.2) is 42.5 Å². The summed E-state index contributed by atoms with van der Waals surface area (Å²) in [5, 5.41) is 0. The Labute approximate surface area is 173 Å². The number of aryl methyl sites for hydroxylation is 1. The fourth-order valence-corrected chi connectivity index (χ4v) is 3.09. The first kappa shape index (κ1) is 19.8. The SMILES string of the molecule is CCc1cc(OCc2ccc(C#CC3CC3)cc2)cc(OC[C@H]2COCCO2)c1. The maximum absolute atomic E-state index is 6.04. The summed E-state index contributed by atoms with van der Waals surface area (Å²) < 4.78 is 23.1. The molecule has 4 rings (SSSR count). The highest BCUT2D eigenvalue weighted by atomic mass is 16.6. The molecule has 1 saturated heterocycles. The molecule has 1 aliphatic heterocycles. The van der Waals surface area contributed by atoms with E-state index in [0.29, 0.717) is 39.0 Å². The summed E-state index contributed by atoms with van der Waals surface area (Å²) in [5.41, 5.74) is 3.38. The van der Waals surface area contributed by atoms with Crippen LogP contribution in [0.3, 0.4) is 0 Å². The average molecular weight is 392 g/mol. The lowest BCUT2D eigenvalue weighted by molar-refractivity contribution is -0.101. The Morgan fingerprint density at radius 2 is 1.76 bits per heavy atom. The summed E-state index contributed by atoms with van der Waals surface area (Å²) in [6, 6.07) is 14.4. The van der Waals surface area contributed by atoms with Crippen LogP contribution in [0.25, 0.3) is 0 Å². The second kappa shape index (κ2) is 9.82.